The van der Waals surface area contributed by atoms with Crippen molar-refractivity contribution in [3.63, 3.8) is 0 Å². The minimum absolute atomic E-state index is 0.170. The summed E-state index contributed by atoms with van der Waals surface area (Å²) in [7, 11) is -11.3. The predicted octanol–water partition coefficient (Wildman–Crippen LogP) is 7.95. The SMILES string of the molecule is Cc1ccc(S(=O)(=O)n2cnc(-c3cccnc3)n2)cc1.O=S(=O)(c1ccc2ccccc2c1)n1cnc(-c2ccccc2)n1.O=S(=O)(c1ccc2ccccc2c1)n1cnc(-c2cccnc2)n1. The van der Waals surface area contributed by atoms with Gasteiger partial charge < -0.3 is 0 Å². The molecule has 0 N–H and O–H groups in total. The monoisotopic (exact) mass is 971 g/mol. The van der Waals surface area contributed by atoms with Crippen molar-refractivity contribution in [1.29, 1.82) is 0 Å². The van der Waals surface area contributed by atoms with E-state index in [1.54, 1.807) is 110 Å². The average molecular weight is 972 g/mol. The number of hydrogen-bond acceptors (Lipinski definition) is 14. The molecule has 17 nitrogen and oxygen atoms in total. The Morgan fingerprint density at radius 2 is 0.725 bits per heavy atom. The zero-order chi connectivity index (χ0) is 48.0. The number of fused-ring (bicyclic) bond motifs is 2. The van der Waals surface area contributed by atoms with Crippen LogP contribution >= 0.6 is 0 Å². The number of rotatable bonds is 9. The zero-order valence-electron chi connectivity index (χ0n) is 36.2. The molecule has 0 unspecified atom stereocenters. The van der Waals surface area contributed by atoms with Gasteiger partial charge in [-0.25, -0.2) is 15.0 Å². The van der Waals surface area contributed by atoms with Crippen molar-refractivity contribution < 1.29 is 25.3 Å². The Bertz CT molecular complexity index is 3730. The normalized spacial score (nSPS) is 11.6. The van der Waals surface area contributed by atoms with E-state index in [4.69, 9.17) is 0 Å². The number of aryl methyl sites for hydroxylation is 1. The third-order valence-corrected chi connectivity index (χ3v) is 15.0. The van der Waals surface area contributed by atoms with Crippen molar-refractivity contribution in [3.05, 3.63) is 213 Å². The van der Waals surface area contributed by atoms with Crippen molar-refractivity contribution >= 4 is 51.6 Å². The van der Waals surface area contributed by atoms with Crippen LogP contribution in [0.25, 0.3) is 55.7 Å². The highest BCUT2D eigenvalue weighted by atomic mass is 32.2. The Hall–Kier alpha value is -8.59. The van der Waals surface area contributed by atoms with Crippen LogP contribution in [0.5, 0.6) is 0 Å². The maximum absolute atomic E-state index is 12.8. The Kier molecular flexibility index (Phi) is 12.8. The third-order valence-electron chi connectivity index (χ3n) is 10.4. The second-order valence-corrected chi connectivity index (χ2v) is 20.4. The lowest BCUT2D eigenvalue weighted by molar-refractivity contribution is 0.578. The van der Waals surface area contributed by atoms with Crippen molar-refractivity contribution in [2.45, 2.75) is 21.6 Å². The molecule has 0 radical (unpaired) electrons. The summed E-state index contributed by atoms with van der Waals surface area (Å²) in [6, 6.07) is 48.1. The molecule has 5 aromatic heterocycles. The molecular formula is C49H37N11O6S3. The first-order valence-corrected chi connectivity index (χ1v) is 25.1. The largest absolute Gasteiger partial charge is 0.284 e. The van der Waals surface area contributed by atoms with Gasteiger partial charge in [-0.2, -0.15) is 25.3 Å². The van der Waals surface area contributed by atoms with E-state index >= 15 is 0 Å². The van der Waals surface area contributed by atoms with Gasteiger partial charge in [0.25, 0.3) is 30.1 Å². The van der Waals surface area contributed by atoms with Crippen molar-refractivity contribution in [1.82, 2.24) is 52.5 Å². The molecule has 0 aliphatic carbocycles. The molecule has 0 spiro atoms. The molecule has 20 heteroatoms. The number of hydrogen-bond donors (Lipinski definition) is 0. The molecule has 5 heterocycles. The summed E-state index contributed by atoms with van der Waals surface area (Å²) < 4.78 is 78.6. The van der Waals surface area contributed by atoms with Gasteiger partial charge in [-0.05, 0) is 89.1 Å². The first-order valence-electron chi connectivity index (χ1n) is 20.8. The number of aromatic nitrogens is 11. The maximum Gasteiger partial charge on any atom is 0.284 e. The van der Waals surface area contributed by atoms with Crippen molar-refractivity contribution in [2.75, 3.05) is 0 Å². The van der Waals surface area contributed by atoms with Crippen LogP contribution in [0.2, 0.25) is 0 Å². The maximum atomic E-state index is 12.8. The van der Waals surface area contributed by atoms with E-state index in [1.165, 1.54) is 19.0 Å². The van der Waals surface area contributed by atoms with Crippen LogP contribution in [-0.2, 0) is 30.1 Å². The number of benzene rings is 6. The Labute approximate surface area is 396 Å². The molecule has 0 aliphatic rings. The van der Waals surface area contributed by atoms with E-state index in [9.17, 15) is 25.3 Å². The van der Waals surface area contributed by atoms with Crippen LogP contribution in [0.3, 0.4) is 0 Å². The van der Waals surface area contributed by atoms with Crippen LogP contribution in [0, 0.1) is 6.92 Å². The smallest absolute Gasteiger partial charge is 0.264 e. The van der Waals surface area contributed by atoms with Gasteiger partial charge in [-0.3, -0.25) is 9.97 Å². The van der Waals surface area contributed by atoms with E-state index in [2.05, 4.69) is 40.2 Å². The second kappa shape index (κ2) is 19.3. The fraction of sp³-hybridized carbons (Fsp3) is 0.0204. The summed E-state index contributed by atoms with van der Waals surface area (Å²) in [5.74, 6) is 1.01. The molecule has 6 aromatic carbocycles. The molecule has 342 valence electrons. The van der Waals surface area contributed by atoms with Gasteiger partial charge in [0.2, 0.25) is 0 Å². The van der Waals surface area contributed by atoms with Gasteiger partial charge in [0, 0.05) is 41.5 Å². The Morgan fingerprint density at radius 3 is 1.14 bits per heavy atom. The molecular weight excluding hydrogens is 935 g/mol. The third kappa shape index (κ3) is 9.93. The van der Waals surface area contributed by atoms with Crippen LogP contribution in [0.1, 0.15) is 5.56 Å². The average Bonchev–Trinajstić information content (AvgIpc) is 4.21. The molecule has 0 aliphatic heterocycles. The second-order valence-electron chi connectivity index (χ2n) is 15.0. The highest BCUT2D eigenvalue weighted by Gasteiger charge is 2.22. The molecule has 11 rings (SSSR count). The first kappa shape index (κ1) is 45.6. The summed E-state index contributed by atoms with van der Waals surface area (Å²) in [4.78, 5) is 20.7. The van der Waals surface area contributed by atoms with E-state index in [0.717, 1.165) is 44.9 Å². The summed E-state index contributed by atoms with van der Waals surface area (Å²) in [5, 5.41) is 15.9. The summed E-state index contributed by atoms with van der Waals surface area (Å²) in [5.41, 5.74) is 3.08. The first-order chi connectivity index (χ1) is 33.4. The van der Waals surface area contributed by atoms with Crippen LogP contribution in [0.15, 0.2) is 222 Å². The zero-order valence-corrected chi connectivity index (χ0v) is 38.7. The fourth-order valence-electron chi connectivity index (χ4n) is 6.76. The lowest BCUT2D eigenvalue weighted by Gasteiger charge is -2.05. The number of pyridine rings is 2. The van der Waals surface area contributed by atoms with Gasteiger partial charge in [0.05, 0.1) is 14.7 Å². The van der Waals surface area contributed by atoms with Gasteiger partial charge in [0.15, 0.2) is 17.5 Å². The molecule has 0 saturated heterocycles. The molecule has 69 heavy (non-hydrogen) atoms. The molecule has 11 aromatic rings. The summed E-state index contributed by atoms with van der Waals surface area (Å²) in [6.45, 7) is 1.90. The highest BCUT2D eigenvalue weighted by molar-refractivity contribution is 7.90. The Morgan fingerprint density at radius 1 is 0.362 bits per heavy atom. The molecule has 0 atom stereocenters. The highest BCUT2D eigenvalue weighted by Crippen LogP contribution is 2.24. The lowest BCUT2D eigenvalue weighted by Crippen LogP contribution is -2.13. The van der Waals surface area contributed by atoms with Gasteiger partial charge in [-0.15, -0.1) is 27.6 Å². The van der Waals surface area contributed by atoms with Crippen LogP contribution in [0.4, 0.5) is 0 Å². The Balaban J connectivity index is 0.000000129. The quantitative estimate of drug-likeness (QED) is 0.134. The molecule has 0 fully saturated rings. The summed E-state index contributed by atoms with van der Waals surface area (Å²) >= 11 is 0. The van der Waals surface area contributed by atoms with Crippen LogP contribution < -0.4 is 0 Å². The van der Waals surface area contributed by atoms with Crippen molar-refractivity contribution in [2.24, 2.45) is 0 Å². The van der Waals surface area contributed by atoms with E-state index in [0.29, 0.717) is 28.6 Å². The van der Waals surface area contributed by atoms with Crippen molar-refractivity contribution in [3.8, 4) is 34.2 Å². The van der Waals surface area contributed by atoms with E-state index in [-0.39, 0.29) is 14.7 Å². The minimum atomic E-state index is -3.79. The van der Waals surface area contributed by atoms with Gasteiger partial charge in [-0.1, -0.05) is 109 Å². The lowest BCUT2D eigenvalue weighted by atomic mass is 10.1. The van der Waals surface area contributed by atoms with E-state index < -0.39 is 30.1 Å². The number of nitrogens with zero attached hydrogens (tertiary/aromatic N) is 11. The molecule has 0 amide bonds. The topological polar surface area (TPSA) is 220 Å². The molecule has 0 bridgehead atoms. The fourth-order valence-corrected chi connectivity index (χ4v) is 9.99. The minimum Gasteiger partial charge on any atom is -0.264 e. The van der Waals surface area contributed by atoms with E-state index in [1.807, 2.05) is 85.8 Å². The van der Waals surface area contributed by atoms with Gasteiger partial charge >= 0.3 is 0 Å². The standard InChI is InChI=1S/C18H13N3O2S.C17H12N4O2S.C14H12N4O2S/c22-24(23,17-11-10-14-6-4-5-9-16(14)12-17)21-13-19-18(20-21)15-7-2-1-3-8-15;22-24(23,16-8-7-13-4-1-2-5-14(13)10-16)21-12-19-17(20-21)15-6-3-9-18-11-15;1-11-4-6-13(7-5-11)21(19,20)18-10-16-14(17-18)12-3-2-8-15-9-12/h1-13H;1-12H;2-10H,1H3. The predicted molar refractivity (Wildman–Crippen MR) is 259 cm³/mol. The summed E-state index contributed by atoms with van der Waals surface area (Å²) in [6.07, 6.45) is 10.0. The molecule has 0 saturated carbocycles. The van der Waals surface area contributed by atoms with Crippen LogP contribution in [-0.4, -0.2) is 77.7 Å². The van der Waals surface area contributed by atoms with Gasteiger partial charge in [0.1, 0.15) is 19.0 Å².